The number of rotatable bonds is 7. The molecule has 2 saturated heterocycles. The van der Waals surface area contributed by atoms with Crippen molar-refractivity contribution in [1.82, 2.24) is 14.5 Å². The van der Waals surface area contributed by atoms with Crippen LogP contribution >= 0.6 is 0 Å². The van der Waals surface area contributed by atoms with Crippen LogP contribution in [0.4, 0.5) is 8.78 Å². The molecule has 208 valence electrons. The largest absolute Gasteiger partial charge is 0.490 e. The Kier molecular flexibility index (Phi) is 7.77. The van der Waals surface area contributed by atoms with E-state index >= 15 is 0 Å². The summed E-state index contributed by atoms with van der Waals surface area (Å²) in [5, 5.41) is 0. The van der Waals surface area contributed by atoms with Crippen LogP contribution < -0.4 is 4.74 Å². The molecule has 6 rings (SSSR count). The molecule has 40 heavy (non-hydrogen) atoms. The van der Waals surface area contributed by atoms with E-state index in [0.717, 1.165) is 48.1 Å². The summed E-state index contributed by atoms with van der Waals surface area (Å²) in [6.45, 7) is 3.50. The van der Waals surface area contributed by atoms with Crippen LogP contribution in [0, 0.1) is 17.6 Å². The van der Waals surface area contributed by atoms with Crippen LogP contribution in [0.3, 0.4) is 0 Å². The van der Waals surface area contributed by atoms with Crippen molar-refractivity contribution in [3.8, 4) is 5.75 Å². The van der Waals surface area contributed by atoms with Crippen molar-refractivity contribution < 1.29 is 23.0 Å². The highest BCUT2D eigenvalue weighted by molar-refractivity contribution is 5.94. The van der Waals surface area contributed by atoms with E-state index in [4.69, 9.17) is 14.5 Å². The molecule has 2 aliphatic heterocycles. The van der Waals surface area contributed by atoms with Crippen LogP contribution in [0.25, 0.3) is 11.0 Å². The minimum Gasteiger partial charge on any atom is -0.490 e. The molecule has 3 aromatic carbocycles. The Morgan fingerprint density at radius 3 is 2.52 bits per heavy atom. The molecule has 0 atom stereocenters. The first-order valence-corrected chi connectivity index (χ1v) is 14.0. The number of halogens is 2. The number of hydrogen-bond acceptors (Lipinski definition) is 4. The zero-order chi connectivity index (χ0) is 27.5. The number of nitrogens with zero attached hydrogens (tertiary/aromatic N) is 3. The standard InChI is InChI=1S/C32H33F2N3O3/c33-26-5-3-4-23(18-26)20-37-29-7-2-1-6-28(29)35-31(37)24-10-14-36(15-11-24)32(38)25-8-9-30(27(34)19-25)40-21-22-12-16-39-17-13-22/h1-9,18-19,22,24H,10-17,20-21H2. The number of para-hydroxylation sites is 2. The summed E-state index contributed by atoms with van der Waals surface area (Å²) in [5.74, 6) is 0.695. The van der Waals surface area contributed by atoms with Gasteiger partial charge in [-0.05, 0) is 79.6 Å². The first-order chi connectivity index (χ1) is 19.5. The maximum atomic E-state index is 14.8. The Hall–Kier alpha value is -3.78. The Labute approximate surface area is 232 Å². The van der Waals surface area contributed by atoms with Crippen LogP contribution in [0.5, 0.6) is 5.75 Å². The number of carbonyl (C=O) groups is 1. The summed E-state index contributed by atoms with van der Waals surface area (Å²) < 4.78 is 42.0. The van der Waals surface area contributed by atoms with Gasteiger partial charge in [-0.1, -0.05) is 24.3 Å². The van der Waals surface area contributed by atoms with Crippen molar-refractivity contribution in [2.75, 3.05) is 32.9 Å². The third kappa shape index (κ3) is 5.72. The number of carbonyl (C=O) groups excluding carboxylic acids is 1. The number of amides is 1. The molecule has 6 nitrogen and oxygen atoms in total. The zero-order valence-corrected chi connectivity index (χ0v) is 22.4. The SMILES string of the molecule is O=C(c1ccc(OCC2CCOCC2)c(F)c1)N1CCC(c2nc3ccccc3n2Cc2cccc(F)c2)CC1. The van der Waals surface area contributed by atoms with E-state index in [1.165, 1.54) is 12.1 Å². The third-order valence-corrected chi connectivity index (χ3v) is 8.06. The molecule has 3 heterocycles. The van der Waals surface area contributed by atoms with E-state index in [-0.39, 0.29) is 23.4 Å². The van der Waals surface area contributed by atoms with Gasteiger partial charge in [0.2, 0.25) is 0 Å². The second-order valence-electron chi connectivity index (χ2n) is 10.8. The highest BCUT2D eigenvalue weighted by Crippen LogP contribution is 2.32. The molecule has 0 spiro atoms. The van der Waals surface area contributed by atoms with Crippen LogP contribution in [0.2, 0.25) is 0 Å². The van der Waals surface area contributed by atoms with Gasteiger partial charge >= 0.3 is 0 Å². The Bertz CT molecular complexity index is 1490. The monoisotopic (exact) mass is 545 g/mol. The summed E-state index contributed by atoms with van der Waals surface area (Å²) in [6.07, 6.45) is 3.31. The fourth-order valence-corrected chi connectivity index (χ4v) is 5.78. The number of piperidine rings is 1. The number of aromatic nitrogens is 2. The van der Waals surface area contributed by atoms with Crippen LogP contribution in [0.1, 0.15) is 53.3 Å². The van der Waals surface area contributed by atoms with Crippen molar-refractivity contribution in [2.24, 2.45) is 5.92 Å². The summed E-state index contributed by atoms with van der Waals surface area (Å²) in [5.41, 5.74) is 3.11. The molecule has 1 aromatic heterocycles. The Morgan fingerprint density at radius 2 is 1.75 bits per heavy atom. The first-order valence-electron chi connectivity index (χ1n) is 14.0. The number of ether oxygens (including phenoxy) is 2. The summed E-state index contributed by atoms with van der Waals surface area (Å²) >= 11 is 0. The Balaban J connectivity index is 1.12. The maximum Gasteiger partial charge on any atom is 0.253 e. The molecular formula is C32H33F2N3O3. The van der Waals surface area contributed by atoms with E-state index in [1.54, 1.807) is 29.2 Å². The predicted octanol–water partition coefficient (Wildman–Crippen LogP) is 6.19. The van der Waals surface area contributed by atoms with Gasteiger partial charge in [-0.15, -0.1) is 0 Å². The minimum absolute atomic E-state index is 0.155. The lowest BCUT2D eigenvalue weighted by atomic mass is 9.95. The van der Waals surface area contributed by atoms with Gasteiger partial charge in [0.25, 0.3) is 5.91 Å². The second-order valence-corrected chi connectivity index (χ2v) is 10.8. The number of benzene rings is 3. The van der Waals surface area contributed by atoms with Crippen molar-refractivity contribution >= 4 is 16.9 Å². The molecule has 0 N–H and O–H groups in total. The summed E-state index contributed by atoms with van der Waals surface area (Å²) in [6, 6.07) is 19.1. The van der Waals surface area contributed by atoms with Crippen LogP contribution in [0.15, 0.2) is 66.7 Å². The van der Waals surface area contributed by atoms with Gasteiger partial charge in [0.15, 0.2) is 11.6 Å². The third-order valence-electron chi connectivity index (χ3n) is 8.06. The lowest BCUT2D eigenvalue weighted by Crippen LogP contribution is -2.38. The highest BCUT2D eigenvalue weighted by Gasteiger charge is 2.29. The number of hydrogen-bond donors (Lipinski definition) is 0. The number of imidazole rings is 1. The minimum atomic E-state index is -0.515. The molecule has 0 radical (unpaired) electrons. The summed E-state index contributed by atoms with van der Waals surface area (Å²) in [4.78, 5) is 20.0. The van der Waals surface area contributed by atoms with Gasteiger partial charge in [0.05, 0.1) is 17.6 Å². The normalized spacial score (nSPS) is 16.9. The van der Waals surface area contributed by atoms with Crippen LogP contribution in [-0.4, -0.2) is 53.3 Å². The fraction of sp³-hybridized carbons (Fsp3) is 0.375. The molecule has 0 unspecified atom stereocenters. The molecular weight excluding hydrogens is 512 g/mol. The van der Waals surface area contributed by atoms with E-state index in [0.29, 0.717) is 50.9 Å². The quantitative estimate of drug-likeness (QED) is 0.278. The van der Waals surface area contributed by atoms with Gasteiger partial charge in [0.1, 0.15) is 11.6 Å². The molecule has 0 saturated carbocycles. The zero-order valence-electron chi connectivity index (χ0n) is 22.4. The molecule has 2 aliphatic rings. The molecule has 8 heteroatoms. The second kappa shape index (κ2) is 11.8. The maximum absolute atomic E-state index is 14.8. The molecule has 2 fully saturated rings. The average Bonchev–Trinajstić information content (AvgIpc) is 3.35. The number of fused-ring (bicyclic) bond motifs is 1. The molecule has 4 aromatic rings. The van der Waals surface area contributed by atoms with E-state index in [1.807, 2.05) is 30.3 Å². The van der Waals surface area contributed by atoms with Gasteiger partial charge < -0.3 is 18.9 Å². The van der Waals surface area contributed by atoms with Gasteiger partial charge in [-0.3, -0.25) is 4.79 Å². The lowest BCUT2D eigenvalue weighted by molar-refractivity contribution is 0.0491. The van der Waals surface area contributed by atoms with Crippen molar-refractivity contribution in [1.29, 1.82) is 0 Å². The smallest absolute Gasteiger partial charge is 0.253 e. The van der Waals surface area contributed by atoms with Crippen molar-refractivity contribution in [3.63, 3.8) is 0 Å². The van der Waals surface area contributed by atoms with Gasteiger partial charge in [-0.25, -0.2) is 13.8 Å². The predicted molar refractivity (Wildman–Crippen MR) is 149 cm³/mol. The highest BCUT2D eigenvalue weighted by atomic mass is 19.1. The lowest BCUT2D eigenvalue weighted by Gasteiger charge is -2.32. The molecule has 0 bridgehead atoms. The average molecular weight is 546 g/mol. The van der Waals surface area contributed by atoms with Gasteiger partial charge in [-0.2, -0.15) is 0 Å². The topological polar surface area (TPSA) is 56.6 Å². The first kappa shape index (κ1) is 26.4. The number of likely N-dealkylation sites (tertiary alicyclic amines) is 1. The van der Waals surface area contributed by atoms with Gasteiger partial charge in [0, 0.05) is 44.3 Å². The fourth-order valence-electron chi connectivity index (χ4n) is 5.78. The van der Waals surface area contributed by atoms with E-state index in [9.17, 15) is 13.6 Å². The van der Waals surface area contributed by atoms with Crippen molar-refractivity contribution in [3.05, 3.63) is 95.3 Å². The summed E-state index contributed by atoms with van der Waals surface area (Å²) in [7, 11) is 0. The van der Waals surface area contributed by atoms with E-state index in [2.05, 4.69) is 4.57 Å². The molecule has 1 amide bonds. The molecule has 0 aliphatic carbocycles. The Morgan fingerprint density at radius 1 is 0.950 bits per heavy atom. The van der Waals surface area contributed by atoms with Crippen LogP contribution in [-0.2, 0) is 11.3 Å². The van der Waals surface area contributed by atoms with Crippen molar-refractivity contribution in [2.45, 2.75) is 38.1 Å². The van der Waals surface area contributed by atoms with E-state index < -0.39 is 5.82 Å².